The van der Waals surface area contributed by atoms with Crippen LogP contribution in [0.5, 0.6) is 0 Å². The molecule has 0 radical (unpaired) electrons. The Balaban J connectivity index is 1.80. The van der Waals surface area contributed by atoms with Crippen LogP contribution in [0.1, 0.15) is 12.6 Å². The highest BCUT2D eigenvalue weighted by Crippen LogP contribution is 2.34. The summed E-state index contributed by atoms with van der Waals surface area (Å²) >= 11 is 5.89. The summed E-state index contributed by atoms with van der Waals surface area (Å²) in [6.45, 7) is -0.458. The molecule has 0 saturated carbocycles. The van der Waals surface area contributed by atoms with Gasteiger partial charge in [-0.25, -0.2) is 15.0 Å². The molecular weight excluding hydrogens is 339 g/mol. The molecule has 3 rings (SSSR count). The van der Waals surface area contributed by atoms with Crippen LogP contribution in [0.25, 0.3) is 11.2 Å². The van der Waals surface area contributed by atoms with Gasteiger partial charge in [-0.15, -0.1) is 0 Å². The van der Waals surface area contributed by atoms with Crippen molar-refractivity contribution in [1.82, 2.24) is 19.5 Å². The highest BCUT2D eigenvalue weighted by atomic mass is 35.5. The van der Waals surface area contributed by atoms with Crippen molar-refractivity contribution in [3.63, 3.8) is 0 Å². The Kier molecular flexibility index (Phi) is 4.17. The second-order valence-corrected chi connectivity index (χ2v) is 6.19. The lowest BCUT2D eigenvalue weighted by atomic mass is 10.2. The van der Waals surface area contributed by atoms with Crippen LogP contribution in [0.3, 0.4) is 0 Å². The average Bonchev–Trinajstić information content (AvgIpc) is 3.00. The number of phosphoric ester groups is 1. The third-order valence-corrected chi connectivity index (χ3v) is 3.91. The van der Waals surface area contributed by atoms with Crippen molar-refractivity contribution >= 4 is 30.6 Å². The highest BCUT2D eigenvalue weighted by Gasteiger charge is 2.36. The predicted molar refractivity (Wildman–Crippen MR) is 68.4 cm³/mol. The van der Waals surface area contributed by atoms with E-state index in [1.807, 2.05) is 0 Å². The number of aliphatic hydroxyl groups is 1. The fraction of sp³-hybridized carbons (Fsp3) is 0.500. The fourth-order valence-electron chi connectivity index (χ4n) is 2.27. The van der Waals surface area contributed by atoms with Crippen LogP contribution in [0, 0.1) is 0 Å². The Labute approximate surface area is 128 Å². The van der Waals surface area contributed by atoms with Crippen molar-refractivity contribution in [1.29, 1.82) is 0 Å². The number of aromatic nitrogens is 4. The lowest BCUT2D eigenvalue weighted by molar-refractivity contribution is -0.342. The molecule has 2 aromatic rings. The summed E-state index contributed by atoms with van der Waals surface area (Å²) in [5, 5.41) is 10.2. The Morgan fingerprint density at radius 2 is 2.27 bits per heavy atom. The number of aliphatic hydroxyl groups excluding tert-OH is 1. The van der Waals surface area contributed by atoms with E-state index < -0.39 is 32.9 Å². The maximum atomic E-state index is 10.5. The number of hydrogen-bond donors (Lipinski definition) is 1. The zero-order valence-corrected chi connectivity index (χ0v) is 12.6. The molecule has 3 unspecified atom stereocenters. The number of ether oxygens (including phenoxy) is 1. The molecule has 0 aromatic carbocycles. The van der Waals surface area contributed by atoms with Crippen LogP contribution in [0.2, 0.25) is 5.15 Å². The van der Waals surface area contributed by atoms with Gasteiger partial charge in [0.05, 0.1) is 26.9 Å². The van der Waals surface area contributed by atoms with Crippen molar-refractivity contribution < 1.29 is 28.7 Å². The molecule has 120 valence electrons. The quantitative estimate of drug-likeness (QED) is 0.541. The van der Waals surface area contributed by atoms with Crippen molar-refractivity contribution in [3.05, 3.63) is 17.8 Å². The SMILES string of the molecule is O=P([O-])([O-])OCC1CC(O)C(n2cnc3c(Cl)ncnc32)O1. The number of fused-ring (bicyclic) bond motifs is 1. The zero-order chi connectivity index (χ0) is 15.9. The summed E-state index contributed by atoms with van der Waals surface area (Å²) in [5.41, 5.74) is 0.715. The summed E-state index contributed by atoms with van der Waals surface area (Å²) < 4.78 is 21.6. The Bertz CT molecular complexity index is 735. The average molecular weight is 349 g/mol. The van der Waals surface area contributed by atoms with Crippen LogP contribution >= 0.6 is 19.4 Å². The second-order valence-electron chi connectivity index (χ2n) is 4.68. The number of nitrogens with zero attached hydrogens (tertiary/aromatic N) is 4. The molecule has 1 aliphatic heterocycles. The number of imidazole rings is 1. The minimum absolute atomic E-state index is 0.100. The first-order valence-corrected chi connectivity index (χ1v) is 8.02. The molecule has 0 aliphatic carbocycles. The summed E-state index contributed by atoms with van der Waals surface area (Å²) in [7, 11) is -5.08. The molecule has 10 nitrogen and oxygen atoms in total. The van der Waals surface area contributed by atoms with Crippen LogP contribution in [-0.2, 0) is 13.8 Å². The molecule has 1 aliphatic rings. The smallest absolute Gasteiger partial charge is 0.167 e. The maximum Gasteiger partial charge on any atom is 0.167 e. The number of hydrogen-bond acceptors (Lipinski definition) is 9. The Morgan fingerprint density at radius 3 is 3.00 bits per heavy atom. The van der Waals surface area contributed by atoms with E-state index in [1.54, 1.807) is 0 Å². The van der Waals surface area contributed by atoms with E-state index in [1.165, 1.54) is 17.2 Å². The van der Waals surface area contributed by atoms with Gasteiger partial charge >= 0.3 is 0 Å². The van der Waals surface area contributed by atoms with E-state index >= 15 is 0 Å². The van der Waals surface area contributed by atoms with Gasteiger partial charge in [0.15, 0.2) is 17.0 Å². The molecule has 2 aromatic heterocycles. The molecule has 1 saturated heterocycles. The Morgan fingerprint density at radius 1 is 1.50 bits per heavy atom. The monoisotopic (exact) mass is 348 g/mol. The summed E-state index contributed by atoms with van der Waals surface area (Å²) in [4.78, 5) is 32.8. The third-order valence-electron chi connectivity index (χ3n) is 3.17. The number of halogens is 1. The van der Waals surface area contributed by atoms with E-state index in [2.05, 4.69) is 19.5 Å². The van der Waals surface area contributed by atoms with E-state index in [4.69, 9.17) is 16.3 Å². The van der Waals surface area contributed by atoms with Crippen LogP contribution in [-0.4, -0.2) is 43.4 Å². The standard InChI is InChI=1S/C10H12ClN4O6P/c11-8-7-9(13-3-12-8)15(4-14-7)10-6(16)1-5(21-10)2-20-22(17,18)19/h3-6,10,16H,1-2H2,(H2,17,18,19)/p-2. The lowest BCUT2D eigenvalue weighted by Gasteiger charge is -2.29. The topological polar surface area (TPSA) is 145 Å². The van der Waals surface area contributed by atoms with Crippen molar-refractivity contribution in [2.24, 2.45) is 0 Å². The molecule has 12 heteroatoms. The van der Waals surface area contributed by atoms with Gasteiger partial charge in [0.2, 0.25) is 0 Å². The van der Waals surface area contributed by atoms with Gasteiger partial charge in [-0.1, -0.05) is 11.6 Å². The van der Waals surface area contributed by atoms with Gasteiger partial charge in [-0.2, -0.15) is 0 Å². The molecule has 3 atom stereocenters. The molecule has 22 heavy (non-hydrogen) atoms. The first kappa shape index (κ1) is 15.8. The summed E-state index contributed by atoms with van der Waals surface area (Å²) in [6, 6.07) is 0. The highest BCUT2D eigenvalue weighted by molar-refractivity contribution is 7.43. The van der Waals surface area contributed by atoms with Gasteiger partial charge in [0.25, 0.3) is 0 Å². The second kappa shape index (κ2) is 5.82. The van der Waals surface area contributed by atoms with Crippen LogP contribution in [0.4, 0.5) is 0 Å². The number of rotatable bonds is 4. The van der Waals surface area contributed by atoms with E-state index in [9.17, 15) is 19.5 Å². The molecule has 1 fully saturated rings. The molecule has 0 amide bonds. The molecule has 3 heterocycles. The first-order chi connectivity index (χ1) is 10.3. The zero-order valence-electron chi connectivity index (χ0n) is 10.9. The van der Waals surface area contributed by atoms with Crippen molar-refractivity contribution in [3.8, 4) is 0 Å². The van der Waals surface area contributed by atoms with Crippen molar-refractivity contribution in [2.45, 2.75) is 24.9 Å². The molecule has 0 spiro atoms. The molecule has 1 N–H and O–H groups in total. The first-order valence-electron chi connectivity index (χ1n) is 6.18. The maximum absolute atomic E-state index is 10.5. The van der Waals surface area contributed by atoms with Gasteiger partial charge in [-0.05, 0) is 0 Å². The fourth-order valence-corrected chi connectivity index (χ4v) is 2.80. The summed E-state index contributed by atoms with van der Waals surface area (Å²) in [6.07, 6.45) is 0.193. The predicted octanol–water partition coefficient (Wildman–Crippen LogP) is -1.03. The normalized spacial score (nSPS) is 25.9. The largest absolute Gasteiger partial charge is 0.790 e. The number of phosphoric acid groups is 1. The van der Waals surface area contributed by atoms with Gasteiger partial charge in [0.1, 0.15) is 17.9 Å². The van der Waals surface area contributed by atoms with Gasteiger partial charge in [-0.3, -0.25) is 4.57 Å². The van der Waals surface area contributed by atoms with E-state index in [-0.39, 0.29) is 11.6 Å². The van der Waals surface area contributed by atoms with E-state index in [0.29, 0.717) is 11.2 Å². The van der Waals surface area contributed by atoms with Crippen LogP contribution in [0.15, 0.2) is 12.7 Å². The van der Waals surface area contributed by atoms with Gasteiger partial charge in [0, 0.05) is 6.42 Å². The summed E-state index contributed by atoms with van der Waals surface area (Å²) in [5.74, 6) is 0. The molecular formula is C10H10ClN4O6P-2. The van der Waals surface area contributed by atoms with Gasteiger partial charge < -0.3 is 28.7 Å². The van der Waals surface area contributed by atoms with Crippen molar-refractivity contribution in [2.75, 3.05) is 6.61 Å². The minimum atomic E-state index is -5.08. The third kappa shape index (κ3) is 3.13. The molecule has 0 bridgehead atoms. The van der Waals surface area contributed by atoms with Crippen LogP contribution < -0.4 is 9.79 Å². The minimum Gasteiger partial charge on any atom is -0.790 e. The van der Waals surface area contributed by atoms with E-state index in [0.717, 1.165) is 0 Å². The Hall–Kier alpha value is -1.13. The lowest BCUT2D eigenvalue weighted by Crippen LogP contribution is -2.22.